The molecule has 3 N–H and O–H groups in total. The van der Waals surface area contributed by atoms with Crippen molar-refractivity contribution in [3.8, 4) is 11.8 Å². The minimum Gasteiger partial charge on any atom is -0.321 e. The fraction of sp³-hybridized carbons (Fsp3) is 0.0625. The van der Waals surface area contributed by atoms with Gasteiger partial charge in [-0.1, -0.05) is 29.5 Å². The SMILES string of the molecule is NCC#Cc1cc(F)ccc1NC(=O)c1cccc(Cl)c1. The van der Waals surface area contributed by atoms with Crippen LogP contribution in [-0.4, -0.2) is 12.5 Å². The molecule has 0 heterocycles. The molecule has 0 radical (unpaired) electrons. The van der Waals surface area contributed by atoms with E-state index in [1.165, 1.54) is 18.2 Å². The third-order valence-corrected chi connectivity index (χ3v) is 2.88. The Labute approximate surface area is 126 Å². The third-order valence-electron chi connectivity index (χ3n) is 2.64. The number of carbonyl (C=O) groups is 1. The average Bonchev–Trinajstić information content (AvgIpc) is 2.47. The van der Waals surface area contributed by atoms with E-state index in [0.717, 1.165) is 0 Å². The molecule has 0 saturated carbocycles. The lowest BCUT2D eigenvalue weighted by Gasteiger charge is -2.08. The van der Waals surface area contributed by atoms with Crippen LogP contribution in [-0.2, 0) is 0 Å². The normalized spacial score (nSPS) is 9.67. The topological polar surface area (TPSA) is 55.1 Å². The fourth-order valence-electron chi connectivity index (χ4n) is 1.70. The van der Waals surface area contributed by atoms with E-state index in [1.807, 2.05) is 0 Å². The van der Waals surface area contributed by atoms with Gasteiger partial charge in [0.25, 0.3) is 5.91 Å². The minimum atomic E-state index is -0.433. The molecule has 2 rings (SSSR count). The van der Waals surface area contributed by atoms with Crippen molar-refractivity contribution in [1.29, 1.82) is 0 Å². The van der Waals surface area contributed by atoms with Crippen molar-refractivity contribution in [3.05, 3.63) is 64.4 Å². The van der Waals surface area contributed by atoms with E-state index in [-0.39, 0.29) is 12.5 Å². The van der Waals surface area contributed by atoms with E-state index in [9.17, 15) is 9.18 Å². The van der Waals surface area contributed by atoms with Crippen molar-refractivity contribution in [3.63, 3.8) is 0 Å². The number of nitrogens with one attached hydrogen (secondary N) is 1. The first-order valence-electron chi connectivity index (χ1n) is 6.15. The summed E-state index contributed by atoms with van der Waals surface area (Å²) in [6.45, 7) is 0.151. The van der Waals surface area contributed by atoms with E-state index in [2.05, 4.69) is 17.2 Å². The van der Waals surface area contributed by atoms with Crippen LogP contribution in [0.15, 0.2) is 42.5 Å². The molecule has 1 amide bonds. The molecule has 2 aromatic carbocycles. The molecule has 2 aromatic rings. The highest BCUT2D eigenvalue weighted by atomic mass is 35.5. The standard InChI is InChI=1S/C16H12ClFN2O/c17-13-5-1-3-12(9-13)16(21)20-15-7-6-14(18)10-11(15)4-2-8-19/h1,3,5-7,9-10H,8,19H2,(H,20,21). The van der Waals surface area contributed by atoms with Crippen LogP contribution in [0.3, 0.4) is 0 Å². The summed E-state index contributed by atoms with van der Waals surface area (Å²) in [5.74, 6) is 4.58. The van der Waals surface area contributed by atoms with Gasteiger partial charge in [-0.05, 0) is 36.4 Å². The Morgan fingerprint density at radius 1 is 1.29 bits per heavy atom. The first-order chi connectivity index (χ1) is 10.1. The quantitative estimate of drug-likeness (QED) is 0.838. The van der Waals surface area contributed by atoms with Gasteiger partial charge in [-0.2, -0.15) is 0 Å². The van der Waals surface area contributed by atoms with E-state index in [1.54, 1.807) is 24.3 Å². The van der Waals surface area contributed by atoms with Crippen LogP contribution >= 0.6 is 11.6 Å². The molecule has 0 saturated heterocycles. The molecular weight excluding hydrogens is 291 g/mol. The molecule has 0 aliphatic rings. The van der Waals surface area contributed by atoms with Gasteiger partial charge in [0, 0.05) is 10.6 Å². The van der Waals surface area contributed by atoms with Gasteiger partial charge in [-0.25, -0.2) is 4.39 Å². The molecule has 3 nitrogen and oxygen atoms in total. The lowest BCUT2D eigenvalue weighted by molar-refractivity contribution is 0.102. The van der Waals surface area contributed by atoms with E-state index < -0.39 is 5.82 Å². The maximum Gasteiger partial charge on any atom is 0.255 e. The van der Waals surface area contributed by atoms with Crippen LogP contribution in [0.5, 0.6) is 0 Å². The second kappa shape index (κ2) is 6.89. The molecule has 0 aromatic heterocycles. The molecule has 0 spiro atoms. The lowest BCUT2D eigenvalue weighted by atomic mass is 10.1. The van der Waals surface area contributed by atoms with Crippen molar-refractivity contribution >= 4 is 23.2 Å². The summed E-state index contributed by atoms with van der Waals surface area (Å²) in [5, 5.41) is 3.15. The molecule has 106 valence electrons. The summed E-state index contributed by atoms with van der Waals surface area (Å²) in [6, 6.07) is 10.5. The Morgan fingerprint density at radius 2 is 2.10 bits per heavy atom. The van der Waals surface area contributed by atoms with E-state index >= 15 is 0 Å². The van der Waals surface area contributed by atoms with Gasteiger partial charge in [0.15, 0.2) is 0 Å². The Hall–Kier alpha value is -2.35. The van der Waals surface area contributed by atoms with Gasteiger partial charge >= 0.3 is 0 Å². The lowest BCUT2D eigenvalue weighted by Crippen LogP contribution is -2.13. The maximum absolute atomic E-state index is 13.3. The summed E-state index contributed by atoms with van der Waals surface area (Å²) in [4.78, 5) is 12.1. The molecule has 21 heavy (non-hydrogen) atoms. The summed E-state index contributed by atoms with van der Waals surface area (Å²) < 4.78 is 13.3. The van der Waals surface area contributed by atoms with Gasteiger partial charge in [-0.15, -0.1) is 0 Å². The first-order valence-corrected chi connectivity index (χ1v) is 6.53. The maximum atomic E-state index is 13.3. The van der Waals surface area contributed by atoms with E-state index in [4.69, 9.17) is 17.3 Å². The van der Waals surface area contributed by atoms with Crippen LogP contribution in [0, 0.1) is 17.7 Å². The molecule has 5 heteroatoms. The molecule has 0 aliphatic heterocycles. The van der Waals surface area contributed by atoms with Crippen molar-refractivity contribution in [1.82, 2.24) is 0 Å². The number of hydrogen-bond donors (Lipinski definition) is 2. The molecule has 0 bridgehead atoms. The largest absolute Gasteiger partial charge is 0.321 e. The monoisotopic (exact) mass is 302 g/mol. The number of anilines is 1. The highest BCUT2D eigenvalue weighted by Crippen LogP contribution is 2.18. The molecular formula is C16H12ClFN2O. The zero-order chi connectivity index (χ0) is 15.2. The van der Waals surface area contributed by atoms with E-state index in [0.29, 0.717) is 21.8 Å². The number of benzene rings is 2. The van der Waals surface area contributed by atoms with Crippen LogP contribution < -0.4 is 11.1 Å². The molecule has 0 atom stereocenters. The van der Waals surface area contributed by atoms with Gasteiger partial charge in [0.1, 0.15) is 5.82 Å². The Morgan fingerprint density at radius 3 is 2.81 bits per heavy atom. The van der Waals surface area contributed by atoms with Crippen LogP contribution in [0.4, 0.5) is 10.1 Å². The Kier molecular flexibility index (Phi) is 4.94. The molecule has 0 fully saturated rings. The zero-order valence-electron chi connectivity index (χ0n) is 11.0. The van der Waals surface area contributed by atoms with Crippen molar-refractivity contribution < 1.29 is 9.18 Å². The number of carbonyl (C=O) groups excluding carboxylic acids is 1. The summed E-state index contributed by atoms with van der Waals surface area (Å²) >= 11 is 5.85. The number of hydrogen-bond acceptors (Lipinski definition) is 2. The van der Waals surface area contributed by atoms with Crippen LogP contribution in [0.2, 0.25) is 5.02 Å². The van der Waals surface area contributed by atoms with Gasteiger partial charge in [0.2, 0.25) is 0 Å². The average molecular weight is 303 g/mol. The highest BCUT2D eigenvalue weighted by molar-refractivity contribution is 6.31. The second-order valence-electron chi connectivity index (χ2n) is 4.16. The second-order valence-corrected chi connectivity index (χ2v) is 4.60. The minimum absolute atomic E-state index is 0.151. The van der Waals surface area contributed by atoms with Crippen LogP contribution in [0.1, 0.15) is 15.9 Å². The van der Waals surface area contributed by atoms with Gasteiger partial charge in [-0.3, -0.25) is 4.79 Å². The third kappa shape index (κ3) is 4.06. The van der Waals surface area contributed by atoms with Gasteiger partial charge in [0.05, 0.1) is 17.8 Å². The molecule has 0 unspecified atom stereocenters. The summed E-state index contributed by atoms with van der Waals surface area (Å²) in [7, 11) is 0. The highest BCUT2D eigenvalue weighted by Gasteiger charge is 2.09. The summed E-state index contributed by atoms with van der Waals surface area (Å²) in [5.41, 5.74) is 6.50. The number of rotatable bonds is 2. The number of nitrogens with two attached hydrogens (primary N) is 1. The first kappa shape index (κ1) is 15.0. The Balaban J connectivity index is 2.29. The van der Waals surface area contributed by atoms with Crippen molar-refractivity contribution in [2.24, 2.45) is 5.73 Å². The zero-order valence-corrected chi connectivity index (χ0v) is 11.7. The van der Waals surface area contributed by atoms with Crippen molar-refractivity contribution in [2.45, 2.75) is 0 Å². The van der Waals surface area contributed by atoms with Crippen molar-refractivity contribution in [2.75, 3.05) is 11.9 Å². The number of halogens is 2. The summed E-state index contributed by atoms with van der Waals surface area (Å²) in [6.07, 6.45) is 0. The fourth-order valence-corrected chi connectivity index (χ4v) is 1.89. The number of amides is 1. The smallest absolute Gasteiger partial charge is 0.255 e. The predicted molar refractivity (Wildman–Crippen MR) is 81.7 cm³/mol. The molecule has 0 aliphatic carbocycles. The van der Waals surface area contributed by atoms with Gasteiger partial charge < -0.3 is 11.1 Å². The predicted octanol–water partition coefficient (Wildman–Crippen LogP) is 3.04. The van der Waals surface area contributed by atoms with Crippen LogP contribution in [0.25, 0.3) is 0 Å². The Bertz CT molecular complexity index is 735.